The van der Waals surface area contributed by atoms with Gasteiger partial charge in [0.1, 0.15) is 5.76 Å². The van der Waals surface area contributed by atoms with E-state index >= 15 is 0 Å². The van der Waals surface area contributed by atoms with Gasteiger partial charge in [0.15, 0.2) is 0 Å². The van der Waals surface area contributed by atoms with Gasteiger partial charge in [0.25, 0.3) is 0 Å². The third kappa shape index (κ3) is 2.40. The van der Waals surface area contributed by atoms with E-state index in [0.717, 1.165) is 4.48 Å². The number of allylic oxidation sites excluding steroid dienone is 3. The van der Waals surface area contributed by atoms with Crippen LogP contribution >= 0.6 is 15.9 Å². The molecule has 0 aromatic heterocycles. The second-order valence-electron chi connectivity index (χ2n) is 4.65. The number of aliphatic hydroxyl groups is 1. The van der Waals surface area contributed by atoms with E-state index in [4.69, 9.17) is 0 Å². The zero-order valence-corrected chi connectivity index (χ0v) is 12.2. The summed E-state index contributed by atoms with van der Waals surface area (Å²) in [5.41, 5.74) is 0.703. The van der Waals surface area contributed by atoms with Crippen LogP contribution in [0, 0.1) is 5.92 Å². The maximum absolute atomic E-state index is 12.0. The van der Waals surface area contributed by atoms with Crippen molar-refractivity contribution >= 4 is 33.3 Å². The molecule has 3 nitrogen and oxygen atoms in total. The Morgan fingerprint density at radius 2 is 1.74 bits per heavy atom. The Labute approximate surface area is 119 Å². The van der Waals surface area contributed by atoms with Gasteiger partial charge in [-0.3, -0.25) is 9.59 Å². The summed E-state index contributed by atoms with van der Waals surface area (Å²) < 4.78 is 0.759. The van der Waals surface area contributed by atoms with Crippen LogP contribution in [-0.4, -0.2) is 16.7 Å². The highest BCUT2D eigenvalue weighted by molar-refractivity contribution is 9.11. The summed E-state index contributed by atoms with van der Waals surface area (Å²) in [6.45, 7) is 3.89. The van der Waals surface area contributed by atoms with Crippen LogP contribution in [-0.2, 0) is 4.79 Å². The van der Waals surface area contributed by atoms with Crippen molar-refractivity contribution in [3.8, 4) is 0 Å². The molecule has 4 heteroatoms. The molecule has 1 aromatic carbocycles. The Morgan fingerprint density at radius 3 is 2.32 bits per heavy atom. The number of fused-ring (bicyclic) bond motifs is 1. The third-order valence-electron chi connectivity index (χ3n) is 2.97. The van der Waals surface area contributed by atoms with E-state index in [-0.39, 0.29) is 22.8 Å². The molecular formula is C15H13BrO3. The number of benzene rings is 1. The van der Waals surface area contributed by atoms with Gasteiger partial charge in [-0.1, -0.05) is 54.0 Å². The van der Waals surface area contributed by atoms with E-state index in [1.54, 1.807) is 24.3 Å². The zero-order chi connectivity index (χ0) is 14.2. The predicted octanol–water partition coefficient (Wildman–Crippen LogP) is 3.66. The molecule has 0 fully saturated rings. The summed E-state index contributed by atoms with van der Waals surface area (Å²) in [4.78, 5) is 24.0. The minimum absolute atomic E-state index is 0.0456. The van der Waals surface area contributed by atoms with Crippen molar-refractivity contribution in [3.63, 3.8) is 0 Å². The molecule has 0 heterocycles. The van der Waals surface area contributed by atoms with E-state index in [0.29, 0.717) is 5.56 Å². The number of halogens is 1. The van der Waals surface area contributed by atoms with Gasteiger partial charge in [0.2, 0.25) is 11.6 Å². The van der Waals surface area contributed by atoms with Crippen LogP contribution in [0.5, 0.6) is 0 Å². The van der Waals surface area contributed by atoms with Gasteiger partial charge in [-0.15, -0.1) is 0 Å². The van der Waals surface area contributed by atoms with Crippen LogP contribution in [0.2, 0.25) is 0 Å². The van der Waals surface area contributed by atoms with Crippen molar-refractivity contribution in [1.82, 2.24) is 0 Å². The number of hydrogen-bond donors (Lipinski definition) is 1. The van der Waals surface area contributed by atoms with Crippen molar-refractivity contribution in [2.24, 2.45) is 5.92 Å². The number of carbonyl (C=O) groups excluding carboxylic acids is 2. The topological polar surface area (TPSA) is 54.4 Å². The van der Waals surface area contributed by atoms with Crippen molar-refractivity contribution in [2.75, 3.05) is 0 Å². The fourth-order valence-corrected chi connectivity index (χ4v) is 2.05. The van der Waals surface area contributed by atoms with Crippen molar-refractivity contribution in [2.45, 2.75) is 13.8 Å². The molecule has 0 aliphatic heterocycles. The highest BCUT2D eigenvalue weighted by Gasteiger charge is 2.31. The lowest BCUT2D eigenvalue weighted by atomic mass is 9.88. The Bertz CT molecular complexity index is 624. The monoisotopic (exact) mass is 320 g/mol. The highest BCUT2D eigenvalue weighted by atomic mass is 79.9. The molecule has 1 aliphatic carbocycles. The molecule has 0 unspecified atom stereocenters. The molecular weight excluding hydrogens is 308 g/mol. The van der Waals surface area contributed by atoms with Crippen LogP contribution < -0.4 is 0 Å². The van der Waals surface area contributed by atoms with Crippen molar-refractivity contribution in [3.05, 3.63) is 51.5 Å². The molecule has 2 rings (SSSR count). The van der Waals surface area contributed by atoms with E-state index < -0.39 is 11.6 Å². The number of aliphatic hydroxyl groups excluding tert-OH is 1. The van der Waals surface area contributed by atoms with E-state index in [1.807, 2.05) is 13.8 Å². The van der Waals surface area contributed by atoms with Crippen LogP contribution in [0.15, 0.2) is 40.4 Å². The fourth-order valence-electron chi connectivity index (χ4n) is 1.82. The molecule has 0 bridgehead atoms. The summed E-state index contributed by atoms with van der Waals surface area (Å²) >= 11 is 3.34. The second kappa shape index (κ2) is 5.13. The number of Topliss-reactive ketones (excluding diaryl/α,β-unsaturated/α-hetero) is 2. The molecule has 0 saturated heterocycles. The lowest BCUT2D eigenvalue weighted by molar-refractivity contribution is -0.111. The standard InChI is InChI=1S/C15H13BrO3/c1-8(2)12(16)7-11-13(17)9-5-3-4-6-10(9)14(18)15(11)19/h3-8,17H,1-2H3/b12-7-. The lowest BCUT2D eigenvalue weighted by Crippen LogP contribution is -2.23. The molecule has 19 heavy (non-hydrogen) atoms. The molecule has 0 spiro atoms. The Kier molecular flexibility index (Phi) is 3.71. The molecule has 0 amide bonds. The van der Waals surface area contributed by atoms with Gasteiger partial charge in [0, 0.05) is 11.1 Å². The van der Waals surface area contributed by atoms with Crippen LogP contribution in [0.25, 0.3) is 5.76 Å². The third-order valence-corrected chi connectivity index (χ3v) is 4.11. The van der Waals surface area contributed by atoms with Crippen LogP contribution in [0.1, 0.15) is 29.8 Å². The quantitative estimate of drug-likeness (QED) is 0.846. The molecule has 0 saturated carbocycles. The zero-order valence-electron chi connectivity index (χ0n) is 10.6. The van der Waals surface area contributed by atoms with Crippen molar-refractivity contribution < 1.29 is 14.7 Å². The highest BCUT2D eigenvalue weighted by Crippen LogP contribution is 2.30. The van der Waals surface area contributed by atoms with Gasteiger partial charge in [0.05, 0.1) is 5.57 Å². The van der Waals surface area contributed by atoms with E-state index in [9.17, 15) is 14.7 Å². The van der Waals surface area contributed by atoms with Crippen LogP contribution in [0.3, 0.4) is 0 Å². The maximum Gasteiger partial charge on any atom is 0.237 e. The van der Waals surface area contributed by atoms with Gasteiger partial charge in [-0.25, -0.2) is 0 Å². The van der Waals surface area contributed by atoms with Gasteiger partial charge in [-0.2, -0.15) is 0 Å². The summed E-state index contributed by atoms with van der Waals surface area (Å²) in [7, 11) is 0. The van der Waals surface area contributed by atoms with Crippen LogP contribution in [0.4, 0.5) is 0 Å². The van der Waals surface area contributed by atoms with E-state index in [1.165, 1.54) is 6.08 Å². The molecule has 1 aromatic rings. The maximum atomic E-state index is 12.0. The largest absolute Gasteiger partial charge is 0.507 e. The average Bonchev–Trinajstić information content (AvgIpc) is 2.40. The summed E-state index contributed by atoms with van der Waals surface area (Å²) in [5.74, 6) is -1.23. The molecule has 1 aliphatic rings. The lowest BCUT2D eigenvalue weighted by Gasteiger charge is -2.16. The fraction of sp³-hybridized carbons (Fsp3) is 0.200. The Morgan fingerprint density at radius 1 is 1.16 bits per heavy atom. The number of rotatable bonds is 2. The van der Waals surface area contributed by atoms with Gasteiger partial charge < -0.3 is 5.11 Å². The second-order valence-corrected chi connectivity index (χ2v) is 5.57. The van der Waals surface area contributed by atoms with Gasteiger partial charge in [-0.05, 0) is 16.5 Å². The smallest absolute Gasteiger partial charge is 0.237 e. The van der Waals surface area contributed by atoms with E-state index in [2.05, 4.69) is 15.9 Å². The molecule has 1 N–H and O–H groups in total. The number of ketones is 2. The normalized spacial score (nSPS) is 16.1. The predicted molar refractivity (Wildman–Crippen MR) is 77.2 cm³/mol. The Balaban J connectivity index is 2.64. The summed E-state index contributed by atoms with van der Waals surface area (Å²) in [6.07, 6.45) is 1.52. The minimum Gasteiger partial charge on any atom is -0.507 e. The summed E-state index contributed by atoms with van der Waals surface area (Å²) in [6, 6.07) is 6.56. The van der Waals surface area contributed by atoms with Gasteiger partial charge >= 0.3 is 0 Å². The first kappa shape index (κ1) is 13.7. The molecule has 0 radical (unpaired) electrons. The average molecular weight is 321 g/mol. The molecule has 98 valence electrons. The number of carbonyl (C=O) groups is 2. The SMILES string of the molecule is CC(C)/C(Br)=C/C1=C(O)c2ccccc2C(=O)C1=O. The first-order chi connectivity index (χ1) is 8.93. The first-order valence-electron chi connectivity index (χ1n) is 5.92. The minimum atomic E-state index is -0.672. The summed E-state index contributed by atoms with van der Waals surface area (Å²) in [5, 5.41) is 10.2. The number of hydrogen-bond acceptors (Lipinski definition) is 3. The molecule has 0 atom stereocenters. The van der Waals surface area contributed by atoms with Crippen molar-refractivity contribution in [1.29, 1.82) is 0 Å². The first-order valence-corrected chi connectivity index (χ1v) is 6.71. The Hall–Kier alpha value is -1.68.